The van der Waals surface area contributed by atoms with Crippen LogP contribution in [0.4, 0.5) is 0 Å². The van der Waals surface area contributed by atoms with Gasteiger partial charge in [0.15, 0.2) is 5.96 Å². The summed E-state index contributed by atoms with van der Waals surface area (Å²) in [7, 11) is 5.94. The van der Waals surface area contributed by atoms with Gasteiger partial charge in [-0.05, 0) is 51.6 Å². The molecule has 0 aliphatic carbocycles. The number of rotatable bonds is 6. The molecule has 2 atom stereocenters. The van der Waals surface area contributed by atoms with Crippen LogP contribution in [0.25, 0.3) is 0 Å². The zero-order chi connectivity index (χ0) is 17.6. The maximum atomic E-state index is 5.99. The molecule has 0 spiro atoms. The van der Waals surface area contributed by atoms with Gasteiger partial charge in [0.05, 0.1) is 11.6 Å². The molecule has 0 saturated carbocycles. The summed E-state index contributed by atoms with van der Waals surface area (Å²) < 4.78 is 5.81. The summed E-state index contributed by atoms with van der Waals surface area (Å²) in [5, 5.41) is 7.55. The van der Waals surface area contributed by atoms with E-state index >= 15 is 0 Å². The third-order valence-electron chi connectivity index (χ3n) is 4.49. The Hall–Kier alpha value is -1.30. The molecular weight excluding hydrogens is 324 g/mol. The Kier molecular flexibility index (Phi) is 6.90. The number of hydrogen-bond donors (Lipinski definition) is 2. The van der Waals surface area contributed by atoms with Crippen LogP contribution in [-0.4, -0.2) is 57.3 Å². The first-order chi connectivity index (χ1) is 11.4. The molecular formula is C18H29ClN4O. The van der Waals surface area contributed by atoms with E-state index in [2.05, 4.69) is 53.7 Å². The highest BCUT2D eigenvalue weighted by atomic mass is 35.5. The Bertz CT molecular complexity index is 538. The first-order valence-corrected chi connectivity index (χ1v) is 8.82. The van der Waals surface area contributed by atoms with Crippen molar-refractivity contribution in [3.63, 3.8) is 0 Å². The fourth-order valence-corrected chi connectivity index (χ4v) is 3.07. The lowest BCUT2D eigenvalue weighted by Gasteiger charge is -2.28. The maximum Gasteiger partial charge on any atom is 0.191 e. The lowest BCUT2D eigenvalue weighted by atomic mass is 10.0. The number of guanidine groups is 1. The topological polar surface area (TPSA) is 48.9 Å². The third kappa shape index (κ3) is 5.36. The number of halogens is 1. The zero-order valence-electron chi connectivity index (χ0n) is 15.1. The van der Waals surface area contributed by atoms with Crippen molar-refractivity contribution >= 4 is 17.6 Å². The minimum absolute atomic E-state index is 0.0885. The Labute approximate surface area is 150 Å². The summed E-state index contributed by atoms with van der Waals surface area (Å²) in [5.41, 5.74) is 1.13. The molecule has 24 heavy (non-hydrogen) atoms. The van der Waals surface area contributed by atoms with E-state index in [0.717, 1.165) is 43.5 Å². The molecule has 0 radical (unpaired) electrons. The van der Waals surface area contributed by atoms with Crippen molar-refractivity contribution in [3.8, 4) is 0 Å². The van der Waals surface area contributed by atoms with Crippen LogP contribution in [0.5, 0.6) is 0 Å². The molecule has 1 fully saturated rings. The highest BCUT2D eigenvalue weighted by molar-refractivity contribution is 6.30. The van der Waals surface area contributed by atoms with E-state index in [-0.39, 0.29) is 11.6 Å². The molecule has 2 N–H and O–H groups in total. The van der Waals surface area contributed by atoms with Crippen molar-refractivity contribution in [2.75, 3.05) is 40.8 Å². The molecule has 1 aliphatic heterocycles. The predicted octanol–water partition coefficient (Wildman–Crippen LogP) is 2.68. The van der Waals surface area contributed by atoms with Crippen LogP contribution in [0, 0.1) is 0 Å². The standard InChI is InChI=1S/C18H29ClN4O/c1-18(10-5-11-24-18)13-22-17(20-2)21-12-16(23(3)4)14-6-8-15(19)9-7-14/h6-9,16H,5,10-13H2,1-4H3,(H2,20,21,22). The van der Waals surface area contributed by atoms with Crippen molar-refractivity contribution in [2.24, 2.45) is 4.99 Å². The second-order valence-corrected chi connectivity index (χ2v) is 7.18. The van der Waals surface area contributed by atoms with Crippen molar-refractivity contribution in [2.45, 2.75) is 31.4 Å². The Balaban J connectivity index is 1.90. The van der Waals surface area contributed by atoms with Gasteiger partial charge in [0.1, 0.15) is 0 Å². The second-order valence-electron chi connectivity index (χ2n) is 6.74. The summed E-state index contributed by atoms with van der Waals surface area (Å²) in [6, 6.07) is 8.23. The fraction of sp³-hybridized carbons (Fsp3) is 0.611. The molecule has 1 heterocycles. The van der Waals surface area contributed by atoms with Crippen LogP contribution < -0.4 is 10.6 Å². The van der Waals surface area contributed by atoms with Gasteiger partial charge in [-0.25, -0.2) is 0 Å². The highest BCUT2D eigenvalue weighted by Crippen LogP contribution is 2.24. The van der Waals surface area contributed by atoms with E-state index < -0.39 is 0 Å². The Morgan fingerprint density at radius 3 is 2.58 bits per heavy atom. The van der Waals surface area contributed by atoms with Crippen molar-refractivity contribution < 1.29 is 4.74 Å². The molecule has 5 nitrogen and oxygen atoms in total. The van der Waals surface area contributed by atoms with Gasteiger partial charge in [0, 0.05) is 31.8 Å². The number of hydrogen-bond acceptors (Lipinski definition) is 3. The maximum absolute atomic E-state index is 5.99. The summed E-state index contributed by atoms with van der Waals surface area (Å²) in [4.78, 5) is 6.50. The van der Waals surface area contributed by atoms with Gasteiger partial charge in [0.25, 0.3) is 0 Å². The molecule has 2 rings (SSSR count). The molecule has 0 aromatic heterocycles. The molecule has 0 bridgehead atoms. The number of ether oxygens (including phenoxy) is 1. The van der Waals surface area contributed by atoms with E-state index in [9.17, 15) is 0 Å². The van der Waals surface area contributed by atoms with Crippen LogP contribution in [-0.2, 0) is 4.74 Å². The molecule has 2 unspecified atom stereocenters. The lowest BCUT2D eigenvalue weighted by molar-refractivity contribution is 0.0242. The smallest absolute Gasteiger partial charge is 0.191 e. The number of nitrogens with one attached hydrogen (secondary N) is 2. The minimum atomic E-state index is -0.0885. The number of aliphatic imine (C=N–C) groups is 1. The van der Waals surface area contributed by atoms with Gasteiger partial charge >= 0.3 is 0 Å². The molecule has 1 saturated heterocycles. The summed E-state index contributed by atoms with van der Waals surface area (Å²) in [5.74, 6) is 0.799. The largest absolute Gasteiger partial charge is 0.373 e. The van der Waals surface area contributed by atoms with Gasteiger partial charge in [0.2, 0.25) is 0 Å². The quantitative estimate of drug-likeness (QED) is 0.610. The number of benzene rings is 1. The third-order valence-corrected chi connectivity index (χ3v) is 4.75. The van der Waals surface area contributed by atoms with E-state index in [4.69, 9.17) is 16.3 Å². The van der Waals surface area contributed by atoms with Gasteiger partial charge in [-0.3, -0.25) is 4.99 Å². The summed E-state index contributed by atoms with van der Waals surface area (Å²) in [6.45, 7) is 4.52. The molecule has 1 aliphatic rings. The second kappa shape index (κ2) is 8.70. The molecule has 0 amide bonds. The van der Waals surface area contributed by atoms with Crippen molar-refractivity contribution in [3.05, 3.63) is 34.9 Å². The van der Waals surface area contributed by atoms with Crippen LogP contribution in [0.3, 0.4) is 0 Å². The van der Waals surface area contributed by atoms with Gasteiger partial charge in [-0.2, -0.15) is 0 Å². The van der Waals surface area contributed by atoms with Crippen molar-refractivity contribution in [1.82, 2.24) is 15.5 Å². The molecule has 1 aromatic rings. The average molecular weight is 353 g/mol. The normalized spacial score (nSPS) is 22.7. The molecule has 134 valence electrons. The first-order valence-electron chi connectivity index (χ1n) is 8.44. The van der Waals surface area contributed by atoms with Crippen LogP contribution >= 0.6 is 11.6 Å². The Morgan fingerprint density at radius 1 is 1.33 bits per heavy atom. The van der Waals surface area contributed by atoms with E-state index in [1.165, 1.54) is 5.56 Å². The predicted molar refractivity (Wildman–Crippen MR) is 101 cm³/mol. The lowest BCUT2D eigenvalue weighted by Crippen LogP contribution is -2.47. The van der Waals surface area contributed by atoms with E-state index in [1.807, 2.05) is 12.1 Å². The van der Waals surface area contributed by atoms with E-state index in [1.54, 1.807) is 7.05 Å². The van der Waals surface area contributed by atoms with Crippen LogP contribution in [0.2, 0.25) is 5.02 Å². The van der Waals surface area contributed by atoms with Gasteiger partial charge in [-0.15, -0.1) is 0 Å². The number of nitrogens with zero attached hydrogens (tertiary/aromatic N) is 2. The van der Waals surface area contributed by atoms with Gasteiger partial charge in [-0.1, -0.05) is 23.7 Å². The SMILES string of the molecule is CN=C(NCC(c1ccc(Cl)cc1)N(C)C)NCC1(C)CCCO1. The zero-order valence-corrected chi connectivity index (χ0v) is 15.9. The molecule has 1 aromatic carbocycles. The van der Waals surface area contributed by atoms with Crippen molar-refractivity contribution in [1.29, 1.82) is 0 Å². The summed E-state index contributed by atoms with van der Waals surface area (Å²) in [6.07, 6.45) is 2.21. The number of likely N-dealkylation sites (N-methyl/N-ethyl adjacent to an activating group) is 1. The molecule has 6 heteroatoms. The average Bonchev–Trinajstić information content (AvgIpc) is 2.99. The van der Waals surface area contributed by atoms with Crippen LogP contribution in [0.15, 0.2) is 29.3 Å². The monoisotopic (exact) mass is 352 g/mol. The minimum Gasteiger partial charge on any atom is -0.373 e. The van der Waals surface area contributed by atoms with E-state index in [0.29, 0.717) is 0 Å². The van der Waals surface area contributed by atoms with Crippen LogP contribution in [0.1, 0.15) is 31.4 Å². The Morgan fingerprint density at radius 2 is 2.04 bits per heavy atom. The fourth-order valence-electron chi connectivity index (χ4n) is 2.94. The highest BCUT2D eigenvalue weighted by Gasteiger charge is 2.29. The first kappa shape index (κ1) is 19.0. The summed E-state index contributed by atoms with van der Waals surface area (Å²) >= 11 is 5.99. The van der Waals surface area contributed by atoms with Gasteiger partial charge < -0.3 is 20.3 Å².